The number of aliphatic hydroxyl groups is 5. The van der Waals surface area contributed by atoms with Crippen LogP contribution in [0, 0.1) is 28.6 Å². The first-order valence-corrected chi connectivity index (χ1v) is 27.4. The van der Waals surface area contributed by atoms with E-state index in [-0.39, 0.29) is 78.8 Å². The lowest BCUT2D eigenvalue weighted by Gasteiger charge is -2.59. The van der Waals surface area contributed by atoms with Crippen molar-refractivity contribution in [2.45, 2.75) is 151 Å². The Morgan fingerprint density at radius 1 is 0.909 bits per heavy atom. The van der Waals surface area contributed by atoms with Gasteiger partial charge in [-0.1, -0.05) is 71.8 Å². The van der Waals surface area contributed by atoms with Crippen LogP contribution in [0.2, 0.25) is 0 Å². The number of anilines is 1. The van der Waals surface area contributed by atoms with Crippen LogP contribution < -0.4 is 20.7 Å². The van der Waals surface area contributed by atoms with E-state index in [1.165, 1.54) is 18.2 Å². The number of allylic oxidation sites excluding steroid dienone is 4. The van der Waals surface area contributed by atoms with Crippen molar-refractivity contribution in [3.63, 3.8) is 0 Å². The van der Waals surface area contributed by atoms with Crippen LogP contribution in [0.5, 0.6) is 5.75 Å². The van der Waals surface area contributed by atoms with Crippen LogP contribution in [-0.4, -0.2) is 151 Å². The Labute approximate surface area is 452 Å². The minimum absolute atomic E-state index is 0.00444. The summed E-state index contributed by atoms with van der Waals surface area (Å²) in [5, 5.41) is 71.2. The van der Waals surface area contributed by atoms with E-state index < -0.39 is 107 Å². The van der Waals surface area contributed by atoms with Gasteiger partial charge in [-0.3, -0.25) is 19.2 Å². The molecular weight excluding hydrogens is 1070 g/mol. The zero-order valence-electron chi connectivity index (χ0n) is 42.7. The number of fused-ring (bicyclic) bond motifs is 10. The summed E-state index contributed by atoms with van der Waals surface area (Å²) in [7, 11) is 0. The lowest BCUT2D eigenvalue weighted by Crippen LogP contribution is -2.63. The molecule has 416 valence electrons. The van der Waals surface area contributed by atoms with E-state index >= 15 is 0 Å². The van der Waals surface area contributed by atoms with Crippen LogP contribution in [0.25, 0.3) is 0 Å². The molecule has 4 heterocycles. The van der Waals surface area contributed by atoms with Crippen LogP contribution in [0.4, 0.5) is 10.5 Å². The van der Waals surface area contributed by atoms with Gasteiger partial charge in [0.15, 0.2) is 29.6 Å². The molecule has 0 spiro atoms. The summed E-state index contributed by atoms with van der Waals surface area (Å²) in [6, 6.07) is 12.1. The van der Waals surface area contributed by atoms with Gasteiger partial charge in [-0.2, -0.15) is 0 Å². The molecule has 2 aromatic rings. The lowest BCUT2D eigenvalue weighted by molar-refractivity contribution is -0.271. The Morgan fingerprint density at radius 2 is 1.65 bits per heavy atom. The van der Waals surface area contributed by atoms with E-state index in [0.29, 0.717) is 44.1 Å². The molecule has 0 unspecified atom stereocenters. The number of nitrogens with one attached hydrogen (secondary N) is 3. The number of ketones is 2. The normalized spacial score (nSPS) is 38.5. The molecular formula is C55H66BrN3O18. The van der Waals surface area contributed by atoms with E-state index in [4.69, 9.17) is 28.4 Å². The molecule has 9 aliphatic rings. The first-order chi connectivity index (χ1) is 36.7. The molecule has 21 nitrogen and oxygen atoms in total. The minimum atomic E-state index is -1.96. The van der Waals surface area contributed by atoms with Crippen LogP contribution >= 0.6 is 15.9 Å². The highest BCUT2D eigenvalue weighted by atomic mass is 79.9. The summed E-state index contributed by atoms with van der Waals surface area (Å²) in [4.78, 5) is 76.1. The Balaban J connectivity index is 0.746. The number of aliphatic hydroxyl groups excluding tert-OH is 5. The van der Waals surface area contributed by atoms with E-state index in [0.717, 1.165) is 29.5 Å². The molecule has 3 amide bonds. The monoisotopic (exact) mass is 1140 g/mol. The first-order valence-electron chi connectivity index (χ1n) is 26.3. The molecule has 9 N–H and O–H groups in total. The summed E-state index contributed by atoms with van der Waals surface area (Å²) in [5.41, 5.74) is -0.750. The number of halogens is 1. The highest BCUT2D eigenvalue weighted by molar-refractivity contribution is 9.09. The fraction of sp³-hybridized carbons (Fsp3) is 0.600. The first kappa shape index (κ1) is 55.2. The Kier molecular flexibility index (Phi) is 15.2. The molecule has 2 bridgehead atoms. The zero-order valence-corrected chi connectivity index (χ0v) is 44.3. The number of ether oxygens (including phenoxy) is 6. The molecule has 5 aliphatic carbocycles. The number of carboxylic acids is 1. The molecule has 0 aromatic heterocycles. The van der Waals surface area contributed by atoms with Crippen molar-refractivity contribution in [3.05, 3.63) is 83.0 Å². The number of carbonyl (C=O) groups excluding carboxylic acids is 5. The molecule has 8 fully saturated rings. The maximum atomic E-state index is 14.1. The van der Waals surface area contributed by atoms with E-state index in [2.05, 4.69) is 38.8 Å². The topological polar surface area (TPSA) is 315 Å². The second-order valence-electron chi connectivity index (χ2n) is 22.7. The average Bonchev–Trinajstić information content (AvgIpc) is 3.96. The number of Topliss-reactive ketones (excluding diaryl/α,β-unsaturated/α-hetero) is 1. The molecule has 11 rings (SSSR count). The van der Waals surface area contributed by atoms with Crippen LogP contribution in [0.3, 0.4) is 0 Å². The summed E-state index contributed by atoms with van der Waals surface area (Å²) in [5.74, 6) is -3.24. The van der Waals surface area contributed by atoms with Gasteiger partial charge >= 0.3 is 12.1 Å². The van der Waals surface area contributed by atoms with Crippen molar-refractivity contribution in [2.24, 2.45) is 28.6 Å². The zero-order chi connectivity index (χ0) is 54.8. The number of carbonyl (C=O) groups is 6. The van der Waals surface area contributed by atoms with Gasteiger partial charge in [0.25, 0.3) is 0 Å². The van der Waals surface area contributed by atoms with Gasteiger partial charge in [-0.15, -0.1) is 0 Å². The lowest BCUT2D eigenvalue weighted by atomic mass is 9.46. The Hall–Kier alpha value is -5.14. The molecule has 0 radical (unpaired) electrons. The number of aliphatic carboxylic acids is 1. The standard InChI is InChI=1S/C55H66BrN3O18/c1-51-13-11-32(61)20-31(51)8-9-33-34-21-39-55(38(63)25-60,52(34,2)23-36(62)42(33)51)77-48(75-39)30-6-3-28(4-7-30)22-54-16-14-53(15-17-54,27-73-54)59-50(71)72-26-29-5-10-37(35(19-29)58-40(64)12-18-57-41(65)24-56)74-49-45(68)43(66)44(67)46(76-49)47(69)70/h3-7,10-11,13,19-20,33-34,36,39,42-46,48-49,60,62,66-68H,8-9,12,14-18,21-27H2,1-2H3,(H,57,65)(H,58,64)(H,59,71)(H,69,70)/t33-,34-,36-,39+,42+,43-,44-,45+,46-,48+,49+,51-,52-,53?,54?,55+/m0/s1. The highest BCUT2D eigenvalue weighted by Gasteiger charge is 2.76. The van der Waals surface area contributed by atoms with Crippen molar-refractivity contribution >= 4 is 57.1 Å². The van der Waals surface area contributed by atoms with Gasteiger partial charge in [0, 0.05) is 41.7 Å². The smallest absolute Gasteiger partial charge is 0.407 e. The molecule has 22 heteroatoms. The van der Waals surface area contributed by atoms with Gasteiger partial charge in [0.05, 0.1) is 41.0 Å². The Bertz CT molecular complexity index is 2710. The van der Waals surface area contributed by atoms with Gasteiger partial charge in [0.1, 0.15) is 37.3 Å². The van der Waals surface area contributed by atoms with Crippen LogP contribution in [0.1, 0.15) is 94.6 Å². The van der Waals surface area contributed by atoms with Crippen molar-refractivity contribution in [1.82, 2.24) is 10.6 Å². The van der Waals surface area contributed by atoms with Crippen molar-refractivity contribution < 1.29 is 87.8 Å². The largest absolute Gasteiger partial charge is 0.479 e. The van der Waals surface area contributed by atoms with E-state index in [1.54, 1.807) is 12.2 Å². The maximum absolute atomic E-state index is 14.1. The molecule has 4 aliphatic heterocycles. The fourth-order valence-electron chi connectivity index (χ4n) is 14.3. The number of alkyl halides is 1. The second kappa shape index (κ2) is 21.2. The van der Waals surface area contributed by atoms with Crippen LogP contribution in [0.15, 0.2) is 66.3 Å². The van der Waals surface area contributed by atoms with Crippen molar-refractivity contribution in [1.29, 1.82) is 0 Å². The number of carboxylic acid groups (broad SMARTS) is 1. The molecule has 4 saturated heterocycles. The van der Waals surface area contributed by atoms with E-state index in [9.17, 15) is 59.4 Å². The third kappa shape index (κ3) is 9.94. The SMILES string of the molecule is C[C@]12C=CC(=O)C=C1CC[C@@H]1[C@@H]2[C@@H](O)C[C@@]2(C)[C@H]1C[C@H]1O[C@@H](c3ccc(CC45CCC(NC(=O)OCc6ccc(O[C@@H]7O[C@H](C(=O)O)[C@@H](O)[C@H](O)[C@H]7O)c(NC(=O)CCNC(=O)CBr)c6)(CC4)CO5)cc3)O[C@]12C(=O)CO. The van der Waals surface area contributed by atoms with E-state index in [1.807, 2.05) is 37.3 Å². The number of hydrogen-bond acceptors (Lipinski definition) is 17. The molecule has 4 saturated carbocycles. The number of alkyl carbamates (subject to hydrolysis) is 1. The second-order valence-corrected chi connectivity index (χ2v) is 23.2. The predicted octanol–water partition coefficient (Wildman–Crippen LogP) is 2.95. The summed E-state index contributed by atoms with van der Waals surface area (Å²) >= 11 is 3.04. The van der Waals surface area contributed by atoms with Crippen molar-refractivity contribution in [2.75, 3.05) is 30.4 Å². The molecule has 14 atom stereocenters. The summed E-state index contributed by atoms with van der Waals surface area (Å²) in [6.45, 7) is 3.37. The summed E-state index contributed by atoms with van der Waals surface area (Å²) < 4.78 is 36.7. The molecule has 77 heavy (non-hydrogen) atoms. The molecule has 2 aromatic carbocycles. The maximum Gasteiger partial charge on any atom is 0.407 e. The quantitative estimate of drug-likeness (QED) is 0.109. The number of hydrogen-bond donors (Lipinski definition) is 9. The summed E-state index contributed by atoms with van der Waals surface area (Å²) in [6.07, 6.45) is -1.92. The van der Waals surface area contributed by atoms with Gasteiger partial charge in [0.2, 0.25) is 18.1 Å². The third-order valence-corrected chi connectivity index (χ3v) is 18.8. The Morgan fingerprint density at radius 3 is 2.34 bits per heavy atom. The highest BCUT2D eigenvalue weighted by Crippen LogP contribution is 2.70. The van der Waals surface area contributed by atoms with Crippen molar-refractivity contribution in [3.8, 4) is 5.75 Å². The van der Waals surface area contributed by atoms with Crippen LogP contribution in [-0.2, 0) is 60.7 Å². The van der Waals surface area contributed by atoms with Gasteiger partial charge in [-0.05, 0) is 98.6 Å². The van der Waals surface area contributed by atoms with Gasteiger partial charge in [-0.25, -0.2) is 9.59 Å². The predicted molar refractivity (Wildman–Crippen MR) is 272 cm³/mol. The number of amides is 3. The third-order valence-electron chi connectivity index (χ3n) is 18.3. The number of benzene rings is 2. The number of rotatable bonds is 16. The fourth-order valence-corrected chi connectivity index (χ4v) is 14.5. The van der Waals surface area contributed by atoms with Gasteiger partial charge < -0.3 is 75.0 Å². The minimum Gasteiger partial charge on any atom is -0.479 e. The average molecular weight is 1140 g/mol.